The van der Waals surface area contributed by atoms with Crippen LogP contribution in [0.5, 0.6) is 28.7 Å². The molecule has 5 saturated heterocycles. The van der Waals surface area contributed by atoms with E-state index in [1.165, 1.54) is 62.8 Å². The minimum atomic E-state index is -1.65. The molecule has 0 radical (unpaired) electrons. The summed E-state index contributed by atoms with van der Waals surface area (Å²) in [5.74, 6) is -0.918. The highest BCUT2D eigenvalue weighted by Gasteiger charge is 2.44. The number of anilines is 2. The van der Waals surface area contributed by atoms with Crippen molar-refractivity contribution in [3.05, 3.63) is 134 Å². The van der Waals surface area contributed by atoms with Crippen LogP contribution in [-0.2, 0) is 60.6 Å². The lowest BCUT2D eigenvalue weighted by molar-refractivity contribution is -0.242. The van der Waals surface area contributed by atoms with Crippen molar-refractivity contribution in [2.24, 2.45) is 5.11 Å². The second-order valence-corrected chi connectivity index (χ2v) is 27.5. The first-order valence-corrected chi connectivity index (χ1v) is 37.1. The minimum absolute atomic E-state index is 0.000688. The molecule has 8 N–H and O–H groups in total. The molecule has 6 fully saturated rings. The lowest BCUT2D eigenvalue weighted by Crippen LogP contribution is -2.54. The largest absolute Gasteiger partial charge is 0.493 e. The normalized spacial score (nSPS) is 22.7. The Kier molecular flexibility index (Phi) is 31.5. The molecule has 10 rings (SSSR count). The van der Waals surface area contributed by atoms with Crippen molar-refractivity contribution in [1.29, 1.82) is 0 Å². The number of carbonyl (C=O) groups is 6. The van der Waals surface area contributed by atoms with E-state index in [1.54, 1.807) is 28.9 Å². The van der Waals surface area contributed by atoms with E-state index < -0.39 is 97.7 Å². The molecule has 604 valence electrons. The molecule has 4 aromatic rings. The fraction of sp³-hybridized carbons (Fsp3) is 0.558. The Morgan fingerprint density at radius 2 is 1.07 bits per heavy atom. The summed E-state index contributed by atoms with van der Waals surface area (Å²) >= 11 is 0. The number of ketones is 2. The quantitative estimate of drug-likeness (QED) is 0.00570. The van der Waals surface area contributed by atoms with Crippen molar-refractivity contribution in [2.45, 2.75) is 164 Å². The van der Waals surface area contributed by atoms with Crippen LogP contribution >= 0.6 is 0 Å². The molecule has 5 heterocycles. The first kappa shape index (κ1) is 84.4. The number of nitrogens with zero attached hydrogens (tertiary/aromatic N) is 5. The molecular formula is C77H99N7O27. The lowest BCUT2D eigenvalue weighted by atomic mass is 9.89. The lowest BCUT2D eigenvalue weighted by Gasteiger charge is -2.35. The molecule has 5 aliphatic heterocycles. The SMILES string of the molecule is C=C1C[C@@H](C2OCCO2)N(C(=O)c2cc(C)c(OCCCCCOc3cc(NC(=O)OCc4ccc(O[C@@H]5OC[C@@H](O)[C@H](O)[C@H]5O)c(C(=O)CCCOC)c4)c(C(=O)N4CC(=C)C[C@H]4C4OCCO4)cc3OC)cc2NC(=O)OCc2ccc(O[C@@H]3CC[C@@H](O)[C@H](O)[C@H]3O)c(C(=O)CCCOCCOCCN=[N+]=[N-])c2)C1. The maximum Gasteiger partial charge on any atom is 0.411 e. The predicted octanol–water partition coefficient (Wildman–Crippen LogP) is 6.77. The molecule has 1 aliphatic carbocycles. The highest BCUT2D eigenvalue weighted by Crippen LogP contribution is 2.40. The number of unbranched alkanes of at least 4 members (excludes halogenated alkanes) is 2. The van der Waals surface area contributed by atoms with Crippen molar-refractivity contribution in [3.63, 3.8) is 0 Å². The summed E-state index contributed by atoms with van der Waals surface area (Å²) in [7, 11) is 2.91. The van der Waals surface area contributed by atoms with Crippen molar-refractivity contribution < 1.29 is 130 Å². The average molecular weight is 1550 g/mol. The molecule has 10 atom stereocenters. The Labute approximate surface area is 641 Å². The van der Waals surface area contributed by atoms with Crippen LogP contribution in [0.3, 0.4) is 0 Å². The van der Waals surface area contributed by atoms with Gasteiger partial charge in [0.2, 0.25) is 6.29 Å². The number of amides is 4. The number of hydrogen-bond donors (Lipinski definition) is 8. The molecule has 0 aromatic heterocycles. The fourth-order valence-electron chi connectivity index (χ4n) is 13.5. The molecular weight excluding hydrogens is 1450 g/mol. The van der Waals surface area contributed by atoms with Crippen LogP contribution < -0.4 is 34.3 Å². The number of carbonyl (C=O) groups excluding carboxylic acids is 6. The van der Waals surface area contributed by atoms with Crippen molar-refractivity contribution in [2.75, 3.05) is 124 Å². The zero-order chi connectivity index (χ0) is 79.1. The van der Waals surface area contributed by atoms with Gasteiger partial charge in [0.25, 0.3) is 11.8 Å². The molecule has 111 heavy (non-hydrogen) atoms. The number of likely N-dealkylation sites (tertiary alicyclic amines) is 2. The number of Topliss-reactive ketones (excluding diaryl/α,β-unsaturated/α-hetero) is 2. The van der Waals surface area contributed by atoms with Gasteiger partial charge in [0, 0.05) is 69.8 Å². The van der Waals surface area contributed by atoms with Crippen LogP contribution in [0.15, 0.2) is 90.1 Å². The Morgan fingerprint density at radius 3 is 1.63 bits per heavy atom. The van der Waals surface area contributed by atoms with E-state index in [4.69, 9.17) is 76.6 Å². The Bertz CT molecular complexity index is 3940. The van der Waals surface area contributed by atoms with Crippen molar-refractivity contribution in [1.82, 2.24) is 9.80 Å². The van der Waals surface area contributed by atoms with Crippen LogP contribution in [0.2, 0.25) is 0 Å². The second kappa shape index (κ2) is 41.5. The summed E-state index contributed by atoms with van der Waals surface area (Å²) < 4.78 is 86.9. The maximum absolute atomic E-state index is 14.8. The second-order valence-electron chi connectivity index (χ2n) is 27.5. The van der Waals surface area contributed by atoms with Gasteiger partial charge in [-0.25, -0.2) is 9.59 Å². The van der Waals surface area contributed by atoms with Gasteiger partial charge >= 0.3 is 12.2 Å². The van der Waals surface area contributed by atoms with Gasteiger partial charge in [0.1, 0.15) is 67.1 Å². The number of methoxy groups -OCH3 is 2. The third-order valence-electron chi connectivity index (χ3n) is 19.4. The monoisotopic (exact) mass is 1550 g/mol. The summed E-state index contributed by atoms with van der Waals surface area (Å²) in [5, 5.41) is 71.3. The smallest absolute Gasteiger partial charge is 0.411 e. The molecule has 1 saturated carbocycles. The highest BCUT2D eigenvalue weighted by atomic mass is 16.7. The molecule has 4 amide bonds. The molecule has 0 unspecified atom stereocenters. The van der Waals surface area contributed by atoms with E-state index in [9.17, 15) is 59.4 Å². The highest BCUT2D eigenvalue weighted by molar-refractivity contribution is 6.05. The van der Waals surface area contributed by atoms with Gasteiger partial charge in [-0.3, -0.25) is 29.8 Å². The molecule has 4 aromatic carbocycles. The summed E-state index contributed by atoms with van der Waals surface area (Å²) in [6.07, 6.45) is -11.1. The number of aliphatic hydroxyl groups excluding tert-OH is 6. The van der Waals surface area contributed by atoms with E-state index in [1.807, 2.05) is 0 Å². The fourth-order valence-corrected chi connectivity index (χ4v) is 13.5. The van der Waals surface area contributed by atoms with Gasteiger partial charge in [0.05, 0.1) is 125 Å². The number of aliphatic hydroxyl groups is 6. The summed E-state index contributed by atoms with van der Waals surface area (Å²) in [6.45, 7) is 12.4. The number of azide groups is 1. The number of aryl methyl sites for hydroxylation is 1. The van der Waals surface area contributed by atoms with Crippen LogP contribution in [-0.4, -0.2) is 263 Å². The molecule has 34 nitrogen and oxygen atoms in total. The Morgan fingerprint density at radius 1 is 0.550 bits per heavy atom. The van der Waals surface area contributed by atoms with Crippen molar-refractivity contribution in [3.8, 4) is 28.7 Å². The van der Waals surface area contributed by atoms with Gasteiger partial charge in [-0.15, -0.1) is 0 Å². The van der Waals surface area contributed by atoms with Crippen LogP contribution in [0.1, 0.15) is 129 Å². The minimum Gasteiger partial charge on any atom is -0.493 e. The zero-order valence-corrected chi connectivity index (χ0v) is 62.4. The molecule has 0 spiro atoms. The third-order valence-corrected chi connectivity index (χ3v) is 19.4. The predicted molar refractivity (Wildman–Crippen MR) is 393 cm³/mol. The summed E-state index contributed by atoms with van der Waals surface area (Å²) in [5.41, 5.74) is 11.6. The average Bonchev–Trinajstić information content (AvgIpc) is 1.72. The van der Waals surface area contributed by atoms with Crippen LogP contribution in [0, 0.1) is 6.92 Å². The first-order chi connectivity index (χ1) is 53.6. The Hall–Kier alpha value is -9.07. The maximum atomic E-state index is 14.8. The standard InChI is InChI=1S/C77H99N7O27/c1-44-31-55(73-103-27-28-104-73)83(39-44)71(93)49-33-46(3)64(37-53(49)80-76(95)108-41-47-13-16-61(110-63-18-15-59(87)67(89)69(63)91)51(34-47)58(86)12-10-21-99-25-26-100-24-19-79-82-78)101-22-7-6-8-23-102-66-38-54(50(36-65(66)98-5)72(94)84-40-45(2)32-56(84)74-105-29-30-106-74)81-77(96)109-42-48-14-17-62(52(35-48)57(85)11-9-20-97-4)111-75-70(92)68(90)60(88)43-107-75/h13-14,16-17,33-38,55-56,59-60,63,67-70,73-75,87-92H,1-2,6-12,15,18-32,39-43H2,3-5H3,(H,80,95)(H,81,96)/t55-,56-,59+,60+,63+,67-,68-,69-,70+,75-/m0/s1. The molecule has 34 heteroatoms. The summed E-state index contributed by atoms with van der Waals surface area (Å²) in [6, 6.07) is 14.0. The van der Waals surface area contributed by atoms with Gasteiger partial charge in [-0.2, -0.15) is 0 Å². The molecule has 6 aliphatic rings. The molecule has 0 bridgehead atoms. The van der Waals surface area contributed by atoms with E-state index in [0.717, 1.165) is 11.1 Å². The number of benzene rings is 4. The number of nitrogens with one attached hydrogen (secondary N) is 2. The first-order valence-electron chi connectivity index (χ1n) is 37.1. The van der Waals surface area contributed by atoms with Crippen LogP contribution in [0.4, 0.5) is 21.0 Å². The van der Waals surface area contributed by atoms with Crippen LogP contribution in [0.25, 0.3) is 10.4 Å². The van der Waals surface area contributed by atoms with Gasteiger partial charge in [-0.1, -0.05) is 41.6 Å². The topological polar surface area (TPSA) is 442 Å². The third kappa shape index (κ3) is 22.8. The van der Waals surface area contributed by atoms with Gasteiger partial charge in [-0.05, 0) is 123 Å². The number of hydrogen-bond acceptors (Lipinski definition) is 28. The number of rotatable bonds is 39. The summed E-state index contributed by atoms with van der Waals surface area (Å²) in [4.78, 5) is 91.0. The van der Waals surface area contributed by atoms with Gasteiger partial charge in [0.15, 0.2) is 35.6 Å². The number of ether oxygens (including phenoxy) is 15. The van der Waals surface area contributed by atoms with Crippen molar-refractivity contribution >= 4 is 46.9 Å². The van der Waals surface area contributed by atoms with Gasteiger partial charge < -0.3 is 111 Å². The van der Waals surface area contributed by atoms with E-state index in [2.05, 4.69) is 33.8 Å². The van der Waals surface area contributed by atoms with E-state index in [-0.39, 0.29) is 180 Å². The van der Waals surface area contributed by atoms with E-state index >= 15 is 0 Å². The Balaban J connectivity index is 0.804. The zero-order valence-electron chi connectivity index (χ0n) is 62.4. The van der Waals surface area contributed by atoms with E-state index in [0.29, 0.717) is 93.8 Å².